The zero-order chi connectivity index (χ0) is 14.5. The van der Waals surface area contributed by atoms with Crippen LogP contribution < -0.4 is 15.0 Å². The molecular weight excluding hydrogens is 260 g/mol. The maximum Gasteiger partial charge on any atom is 0.307 e. The summed E-state index contributed by atoms with van der Waals surface area (Å²) < 4.78 is 10.0. The summed E-state index contributed by atoms with van der Waals surface area (Å²) in [5.74, 6) is 0.385. The van der Waals surface area contributed by atoms with Gasteiger partial charge < -0.3 is 19.7 Å². The number of ether oxygens (including phenoxy) is 2. The first-order valence-corrected chi connectivity index (χ1v) is 6.53. The lowest BCUT2D eigenvalue weighted by Crippen LogP contribution is -2.38. The summed E-state index contributed by atoms with van der Waals surface area (Å²) in [6.07, 6.45) is 0.300. The number of hydrogen-bond donors (Lipinski definition) is 1. The minimum absolute atomic E-state index is 0.0357. The van der Waals surface area contributed by atoms with Crippen molar-refractivity contribution in [2.24, 2.45) is 0 Å². The van der Waals surface area contributed by atoms with Crippen molar-refractivity contribution in [1.29, 1.82) is 0 Å². The molecule has 0 radical (unpaired) electrons. The first-order valence-electron chi connectivity index (χ1n) is 6.53. The van der Waals surface area contributed by atoms with Crippen LogP contribution in [0.2, 0.25) is 0 Å². The normalized spacial score (nSPS) is 13.5. The second-order valence-corrected chi connectivity index (χ2v) is 4.36. The number of carbonyl (C=O) groups is 2. The second kappa shape index (κ2) is 6.27. The molecule has 0 saturated carbocycles. The fourth-order valence-electron chi connectivity index (χ4n) is 2.07. The number of amides is 1. The van der Waals surface area contributed by atoms with Crippen LogP contribution in [0.25, 0.3) is 0 Å². The van der Waals surface area contributed by atoms with Crippen LogP contribution in [-0.4, -0.2) is 38.7 Å². The molecule has 1 aromatic carbocycles. The maximum atomic E-state index is 11.7. The number of benzene rings is 1. The van der Waals surface area contributed by atoms with Gasteiger partial charge in [0.2, 0.25) is 0 Å². The fraction of sp³-hybridized carbons (Fsp3) is 0.429. The van der Waals surface area contributed by atoms with Crippen molar-refractivity contribution in [2.75, 3.05) is 37.0 Å². The molecule has 1 aliphatic rings. The average molecular weight is 278 g/mol. The van der Waals surface area contributed by atoms with Crippen LogP contribution in [0.15, 0.2) is 18.2 Å². The molecule has 20 heavy (non-hydrogen) atoms. The highest BCUT2D eigenvalue weighted by molar-refractivity contribution is 5.98. The van der Waals surface area contributed by atoms with Crippen molar-refractivity contribution >= 4 is 23.3 Å². The van der Waals surface area contributed by atoms with Gasteiger partial charge in [-0.25, -0.2) is 0 Å². The largest absolute Gasteiger partial charge is 0.481 e. The van der Waals surface area contributed by atoms with Crippen LogP contribution in [0.1, 0.15) is 13.3 Å². The molecule has 1 aromatic rings. The smallest absolute Gasteiger partial charge is 0.307 e. The Kier molecular flexibility index (Phi) is 4.45. The Bertz CT molecular complexity index is 516. The van der Waals surface area contributed by atoms with Gasteiger partial charge in [-0.05, 0) is 19.1 Å². The lowest BCUT2D eigenvalue weighted by atomic mass is 10.2. The molecule has 0 spiro atoms. The highest BCUT2D eigenvalue weighted by atomic mass is 16.5. The van der Waals surface area contributed by atoms with Gasteiger partial charge in [0.1, 0.15) is 5.75 Å². The lowest BCUT2D eigenvalue weighted by molar-refractivity contribution is -0.140. The summed E-state index contributed by atoms with van der Waals surface area (Å²) in [6, 6.07) is 5.54. The molecule has 0 fully saturated rings. The van der Waals surface area contributed by atoms with Crippen LogP contribution >= 0.6 is 0 Å². The predicted molar refractivity (Wildman–Crippen MR) is 75.1 cm³/mol. The Morgan fingerprint density at radius 2 is 2.30 bits per heavy atom. The summed E-state index contributed by atoms with van der Waals surface area (Å²) in [7, 11) is 1.37. The van der Waals surface area contributed by atoms with Gasteiger partial charge in [-0.2, -0.15) is 0 Å². The third kappa shape index (κ3) is 3.01. The van der Waals surface area contributed by atoms with E-state index in [1.807, 2.05) is 25.1 Å². The van der Waals surface area contributed by atoms with Crippen molar-refractivity contribution in [1.82, 2.24) is 0 Å². The van der Waals surface area contributed by atoms with Crippen molar-refractivity contribution in [3.8, 4) is 5.75 Å². The number of hydrogen-bond acceptors (Lipinski definition) is 5. The summed E-state index contributed by atoms with van der Waals surface area (Å²) in [5.41, 5.74) is 1.63. The lowest BCUT2D eigenvalue weighted by Gasteiger charge is -2.28. The number of fused-ring (bicyclic) bond motifs is 1. The topological polar surface area (TPSA) is 67.9 Å². The molecule has 1 amide bonds. The molecule has 1 aliphatic heterocycles. The molecule has 0 aromatic heterocycles. The quantitative estimate of drug-likeness (QED) is 0.825. The van der Waals surface area contributed by atoms with E-state index in [4.69, 9.17) is 4.74 Å². The van der Waals surface area contributed by atoms with Gasteiger partial charge in [0.15, 0.2) is 6.61 Å². The third-order valence-electron chi connectivity index (χ3n) is 3.10. The highest BCUT2D eigenvalue weighted by Crippen LogP contribution is 2.34. The standard InChI is InChI=1S/C14H18N2O4/c1-3-16-11-5-4-10(15-7-6-14(18)19-2)8-12(11)20-9-13(16)17/h4-5,8,15H,3,6-7,9H2,1-2H3. The van der Waals surface area contributed by atoms with Crippen LogP contribution in [0, 0.1) is 0 Å². The molecule has 0 unspecified atom stereocenters. The second-order valence-electron chi connectivity index (χ2n) is 4.36. The van der Waals surface area contributed by atoms with Gasteiger partial charge >= 0.3 is 5.97 Å². The van der Waals surface area contributed by atoms with E-state index in [1.165, 1.54) is 7.11 Å². The van der Waals surface area contributed by atoms with E-state index >= 15 is 0 Å². The molecular formula is C14H18N2O4. The zero-order valence-electron chi connectivity index (χ0n) is 11.6. The number of methoxy groups -OCH3 is 1. The third-order valence-corrected chi connectivity index (χ3v) is 3.10. The number of anilines is 2. The molecule has 0 saturated heterocycles. The maximum absolute atomic E-state index is 11.7. The Labute approximate surface area is 117 Å². The average Bonchev–Trinajstić information content (AvgIpc) is 2.47. The Hall–Kier alpha value is -2.24. The molecule has 1 heterocycles. The van der Waals surface area contributed by atoms with E-state index in [1.54, 1.807) is 4.90 Å². The first kappa shape index (κ1) is 14.2. The molecule has 0 atom stereocenters. The summed E-state index contributed by atoms with van der Waals surface area (Å²) >= 11 is 0. The zero-order valence-corrected chi connectivity index (χ0v) is 11.6. The van der Waals surface area contributed by atoms with Gasteiger partial charge in [-0.15, -0.1) is 0 Å². The SMILES string of the molecule is CCN1C(=O)COc2cc(NCCC(=O)OC)ccc21. The minimum Gasteiger partial charge on any atom is -0.481 e. The van der Waals surface area contributed by atoms with Crippen LogP contribution in [0.3, 0.4) is 0 Å². The van der Waals surface area contributed by atoms with Crippen molar-refractivity contribution in [3.63, 3.8) is 0 Å². The summed E-state index contributed by atoms with van der Waals surface area (Å²) in [4.78, 5) is 24.4. The van der Waals surface area contributed by atoms with Crippen LogP contribution in [0.4, 0.5) is 11.4 Å². The van der Waals surface area contributed by atoms with Gasteiger partial charge in [0, 0.05) is 24.8 Å². The highest BCUT2D eigenvalue weighted by Gasteiger charge is 2.24. The molecule has 2 rings (SSSR count). The van der Waals surface area contributed by atoms with Crippen molar-refractivity contribution in [3.05, 3.63) is 18.2 Å². The Morgan fingerprint density at radius 1 is 1.50 bits per heavy atom. The summed E-state index contributed by atoms with van der Waals surface area (Å²) in [5, 5.41) is 3.12. The molecule has 6 nitrogen and oxygen atoms in total. The fourth-order valence-corrected chi connectivity index (χ4v) is 2.07. The van der Waals surface area contributed by atoms with E-state index in [0.717, 1.165) is 11.4 Å². The van der Waals surface area contributed by atoms with E-state index in [9.17, 15) is 9.59 Å². The molecule has 0 bridgehead atoms. The van der Waals surface area contributed by atoms with Gasteiger partial charge in [0.05, 0.1) is 19.2 Å². The first-order chi connectivity index (χ1) is 9.65. The number of rotatable bonds is 5. The monoisotopic (exact) mass is 278 g/mol. The Morgan fingerprint density at radius 3 is 3.00 bits per heavy atom. The molecule has 6 heteroatoms. The minimum atomic E-state index is -0.255. The molecule has 108 valence electrons. The van der Waals surface area contributed by atoms with Gasteiger partial charge in [-0.3, -0.25) is 9.59 Å². The number of carbonyl (C=O) groups excluding carboxylic acids is 2. The summed E-state index contributed by atoms with van der Waals surface area (Å²) in [6.45, 7) is 3.09. The van der Waals surface area contributed by atoms with Crippen molar-refractivity contribution in [2.45, 2.75) is 13.3 Å². The predicted octanol–water partition coefficient (Wildman–Crippen LogP) is 1.41. The number of esters is 1. The van der Waals surface area contributed by atoms with E-state index < -0.39 is 0 Å². The van der Waals surface area contributed by atoms with E-state index in [2.05, 4.69) is 10.1 Å². The van der Waals surface area contributed by atoms with Crippen LogP contribution in [0.5, 0.6) is 5.75 Å². The number of nitrogens with zero attached hydrogens (tertiary/aromatic N) is 1. The number of nitrogens with one attached hydrogen (secondary N) is 1. The molecule has 1 N–H and O–H groups in total. The van der Waals surface area contributed by atoms with Gasteiger partial charge in [0.25, 0.3) is 5.91 Å². The van der Waals surface area contributed by atoms with E-state index in [-0.39, 0.29) is 18.5 Å². The number of likely N-dealkylation sites (N-methyl/N-ethyl adjacent to an activating group) is 1. The van der Waals surface area contributed by atoms with E-state index in [0.29, 0.717) is 25.3 Å². The van der Waals surface area contributed by atoms with Crippen LogP contribution in [-0.2, 0) is 14.3 Å². The molecule has 0 aliphatic carbocycles. The van der Waals surface area contributed by atoms with Gasteiger partial charge in [-0.1, -0.05) is 0 Å². The van der Waals surface area contributed by atoms with Crippen molar-refractivity contribution < 1.29 is 19.1 Å². The Balaban J connectivity index is 2.04.